The van der Waals surface area contributed by atoms with Crippen LogP contribution >= 0.6 is 11.6 Å². The zero-order chi connectivity index (χ0) is 11.2. The van der Waals surface area contributed by atoms with Crippen LogP contribution in [0.2, 0.25) is 5.02 Å². The molecule has 0 spiro atoms. The summed E-state index contributed by atoms with van der Waals surface area (Å²) in [6.07, 6.45) is 1.65. The standard InChI is InChI=1S/C11H12ClFO2/c1-6-7(5-11(15)2-3-11)10(14)9(13)4-8(6)12/h4,14-15H,2-3,5H2,1H3. The third-order valence-corrected chi connectivity index (χ3v) is 3.30. The first-order valence-corrected chi connectivity index (χ1v) is 5.19. The van der Waals surface area contributed by atoms with Gasteiger partial charge < -0.3 is 10.2 Å². The van der Waals surface area contributed by atoms with Crippen LogP contribution in [-0.2, 0) is 6.42 Å². The summed E-state index contributed by atoms with van der Waals surface area (Å²) in [5, 5.41) is 19.6. The first-order chi connectivity index (χ1) is 6.93. The Labute approximate surface area is 92.3 Å². The van der Waals surface area contributed by atoms with Crippen LogP contribution in [-0.4, -0.2) is 15.8 Å². The summed E-state index contributed by atoms with van der Waals surface area (Å²) in [5.41, 5.74) is 0.287. The van der Waals surface area contributed by atoms with Crippen molar-refractivity contribution in [3.63, 3.8) is 0 Å². The van der Waals surface area contributed by atoms with Gasteiger partial charge in [-0.1, -0.05) is 11.6 Å². The molecule has 1 aliphatic carbocycles. The van der Waals surface area contributed by atoms with E-state index in [9.17, 15) is 14.6 Å². The largest absolute Gasteiger partial charge is 0.505 e. The molecule has 0 atom stereocenters. The molecule has 2 N–H and O–H groups in total. The number of hydrogen-bond acceptors (Lipinski definition) is 2. The molecule has 0 aliphatic heterocycles. The maximum Gasteiger partial charge on any atom is 0.166 e. The highest BCUT2D eigenvalue weighted by Crippen LogP contribution is 2.42. The average Bonchev–Trinajstić information content (AvgIpc) is 2.89. The van der Waals surface area contributed by atoms with Crippen molar-refractivity contribution in [2.45, 2.75) is 31.8 Å². The number of halogens is 2. The predicted octanol–water partition coefficient (Wildman–Crippen LogP) is 2.56. The Morgan fingerprint density at radius 2 is 2.13 bits per heavy atom. The number of phenols is 1. The van der Waals surface area contributed by atoms with Gasteiger partial charge in [0.15, 0.2) is 11.6 Å². The number of aromatic hydroxyl groups is 1. The Hall–Kier alpha value is -0.800. The molecule has 82 valence electrons. The van der Waals surface area contributed by atoms with Crippen LogP contribution in [0.25, 0.3) is 0 Å². The normalized spacial score (nSPS) is 17.9. The molecule has 0 aromatic heterocycles. The molecule has 2 nitrogen and oxygen atoms in total. The molecule has 0 radical (unpaired) electrons. The van der Waals surface area contributed by atoms with E-state index in [0.717, 1.165) is 6.07 Å². The quantitative estimate of drug-likeness (QED) is 0.820. The van der Waals surface area contributed by atoms with Gasteiger partial charge >= 0.3 is 0 Å². The lowest BCUT2D eigenvalue weighted by atomic mass is 10.00. The zero-order valence-electron chi connectivity index (χ0n) is 8.35. The molecule has 1 aromatic rings. The lowest BCUT2D eigenvalue weighted by Crippen LogP contribution is -2.12. The number of phenolic OH excluding ortho intramolecular Hbond substituents is 1. The Balaban J connectivity index is 2.44. The van der Waals surface area contributed by atoms with E-state index in [1.807, 2.05) is 0 Å². The second-order valence-corrected chi connectivity index (χ2v) is 4.60. The van der Waals surface area contributed by atoms with E-state index in [2.05, 4.69) is 0 Å². The first-order valence-electron chi connectivity index (χ1n) is 4.82. The Bertz CT molecular complexity index is 387. The van der Waals surface area contributed by atoms with Gasteiger partial charge in [-0.2, -0.15) is 0 Å². The molecular weight excluding hydrogens is 219 g/mol. The highest BCUT2D eigenvalue weighted by Gasteiger charge is 2.41. The van der Waals surface area contributed by atoms with E-state index < -0.39 is 17.2 Å². The third-order valence-electron chi connectivity index (χ3n) is 2.91. The highest BCUT2D eigenvalue weighted by molar-refractivity contribution is 6.31. The third kappa shape index (κ3) is 1.94. The van der Waals surface area contributed by atoms with Crippen molar-refractivity contribution in [1.29, 1.82) is 0 Å². The topological polar surface area (TPSA) is 40.5 Å². The van der Waals surface area contributed by atoms with Crippen LogP contribution < -0.4 is 0 Å². The van der Waals surface area contributed by atoms with Gasteiger partial charge in [-0.15, -0.1) is 0 Å². The number of benzene rings is 1. The summed E-state index contributed by atoms with van der Waals surface area (Å²) < 4.78 is 13.2. The average molecular weight is 231 g/mol. The summed E-state index contributed by atoms with van der Waals surface area (Å²) in [4.78, 5) is 0. The first kappa shape index (κ1) is 10.7. The summed E-state index contributed by atoms with van der Waals surface area (Å²) >= 11 is 5.81. The van der Waals surface area contributed by atoms with E-state index in [4.69, 9.17) is 11.6 Å². The molecule has 15 heavy (non-hydrogen) atoms. The fourth-order valence-corrected chi connectivity index (χ4v) is 1.83. The summed E-state index contributed by atoms with van der Waals surface area (Å²) in [6.45, 7) is 1.71. The lowest BCUT2D eigenvalue weighted by molar-refractivity contribution is 0.149. The van der Waals surface area contributed by atoms with Crippen molar-refractivity contribution >= 4 is 11.6 Å². The molecule has 1 aliphatic rings. The van der Waals surface area contributed by atoms with Crippen LogP contribution in [0.1, 0.15) is 24.0 Å². The minimum atomic E-state index is -0.765. The van der Waals surface area contributed by atoms with E-state index in [1.54, 1.807) is 6.92 Å². The SMILES string of the molecule is Cc1c(Cl)cc(F)c(O)c1CC1(O)CC1. The number of hydrogen-bond donors (Lipinski definition) is 2. The van der Waals surface area contributed by atoms with Crippen LogP contribution in [0.5, 0.6) is 5.75 Å². The summed E-state index contributed by atoms with van der Waals surface area (Å²) in [7, 11) is 0. The molecule has 4 heteroatoms. The fourth-order valence-electron chi connectivity index (χ4n) is 1.62. The van der Waals surface area contributed by atoms with Gasteiger partial charge in [0, 0.05) is 17.0 Å². The minimum absolute atomic E-state index is 0.266. The van der Waals surface area contributed by atoms with Crippen LogP contribution in [0, 0.1) is 12.7 Å². The zero-order valence-corrected chi connectivity index (χ0v) is 9.10. The Morgan fingerprint density at radius 1 is 1.53 bits per heavy atom. The molecular formula is C11H12ClFO2. The van der Waals surface area contributed by atoms with Crippen molar-refractivity contribution in [3.8, 4) is 5.75 Å². The molecule has 1 aromatic carbocycles. The lowest BCUT2D eigenvalue weighted by Gasteiger charge is -2.14. The van der Waals surface area contributed by atoms with E-state index >= 15 is 0 Å². The van der Waals surface area contributed by atoms with Gasteiger partial charge in [-0.3, -0.25) is 0 Å². The van der Waals surface area contributed by atoms with Crippen molar-refractivity contribution in [1.82, 2.24) is 0 Å². The smallest absolute Gasteiger partial charge is 0.166 e. The van der Waals surface area contributed by atoms with Gasteiger partial charge in [0.1, 0.15) is 0 Å². The number of rotatable bonds is 2. The van der Waals surface area contributed by atoms with Gasteiger partial charge in [0.2, 0.25) is 0 Å². The maximum absolute atomic E-state index is 13.2. The van der Waals surface area contributed by atoms with E-state index in [0.29, 0.717) is 24.0 Å². The molecule has 0 saturated heterocycles. The van der Waals surface area contributed by atoms with Gasteiger partial charge in [0.25, 0.3) is 0 Å². The molecule has 1 saturated carbocycles. The Morgan fingerprint density at radius 3 is 2.67 bits per heavy atom. The van der Waals surface area contributed by atoms with Crippen LogP contribution in [0.15, 0.2) is 6.07 Å². The van der Waals surface area contributed by atoms with E-state index in [1.165, 1.54) is 0 Å². The molecule has 0 unspecified atom stereocenters. The van der Waals surface area contributed by atoms with Crippen molar-refractivity contribution in [3.05, 3.63) is 28.0 Å². The van der Waals surface area contributed by atoms with Crippen molar-refractivity contribution in [2.24, 2.45) is 0 Å². The van der Waals surface area contributed by atoms with E-state index in [-0.39, 0.29) is 11.4 Å². The number of aliphatic hydroxyl groups is 1. The Kier molecular flexibility index (Phi) is 2.40. The molecule has 1 fully saturated rings. The van der Waals surface area contributed by atoms with Crippen LogP contribution in [0.3, 0.4) is 0 Å². The summed E-state index contributed by atoms with van der Waals surface area (Å²) in [6, 6.07) is 1.09. The summed E-state index contributed by atoms with van der Waals surface area (Å²) in [5.74, 6) is -1.12. The van der Waals surface area contributed by atoms with Gasteiger partial charge in [0.05, 0.1) is 5.60 Å². The predicted molar refractivity (Wildman–Crippen MR) is 55.7 cm³/mol. The monoisotopic (exact) mass is 230 g/mol. The van der Waals surface area contributed by atoms with Gasteiger partial charge in [-0.25, -0.2) is 4.39 Å². The van der Waals surface area contributed by atoms with Crippen molar-refractivity contribution in [2.75, 3.05) is 0 Å². The highest BCUT2D eigenvalue weighted by atomic mass is 35.5. The molecule has 0 heterocycles. The molecule has 2 rings (SSSR count). The molecule has 0 amide bonds. The maximum atomic E-state index is 13.2. The van der Waals surface area contributed by atoms with Crippen molar-refractivity contribution < 1.29 is 14.6 Å². The van der Waals surface area contributed by atoms with Gasteiger partial charge in [-0.05, 0) is 31.4 Å². The second-order valence-electron chi connectivity index (χ2n) is 4.19. The molecule has 0 bridgehead atoms. The second kappa shape index (κ2) is 3.35. The minimum Gasteiger partial charge on any atom is -0.505 e. The van der Waals surface area contributed by atoms with Crippen LogP contribution in [0.4, 0.5) is 4.39 Å². The fraction of sp³-hybridized carbons (Fsp3) is 0.455.